The lowest BCUT2D eigenvalue weighted by molar-refractivity contribution is -0.118. The van der Waals surface area contributed by atoms with Crippen molar-refractivity contribution in [1.82, 2.24) is 24.6 Å². The van der Waals surface area contributed by atoms with Gasteiger partial charge in [-0.15, -0.1) is 0 Å². The molecule has 0 radical (unpaired) electrons. The zero-order valence-electron chi connectivity index (χ0n) is 20.1. The summed E-state index contributed by atoms with van der Waals surface area (Å²) < 4.78 is 1.91. The molecule has 2 N–H and O–H groups in total. The molecule has 1 aromatic carbocycles. The molecule has 35 heavy (non-hydrogen) atoms. The van der Waals surface area contributed by atoms with E-state index in [9.17, 15) is 4.79 Å². The van der Waals surface area contributed by atoms with Crippen molar-refractivity contribution >= 4 is 46.1 Å². The molecule has 1 unspecified atom stereocenters. The zero-order chi connectivity index (χ0) is 24.7. The first-order chi connectivity index (χ1) is 16.8. The van der Waals surface area contributed by atoms with Crippen LogP contribution in [0.2, 0.25) is 10.0 Å². The van der Waals surface area contributed by atoms with Gasteiger partial charge in [0.25, 0.3) is 0 Å². The second kappa shape index (κ2) is 9.91. The number of carbonyl (C=O) groups excluding carboxylic acids is 1. The number of hydrogen-bond donors (Lipinski definition) is 1. The lowest BCUT2D eigenvalue weighted by atomic mass is 9.80. The van der Waals surface area contributed by atoms with Gasteiger partial charge < -0.3 is 15.5 Å². The maximum absolute atomic E-state index is 11.2. The quantitative estimate of drug-likeness (QED) is 0.509. The van der Waals surface area contributed by atoms with Crippen LogP contribution in [0, 0.1) is 18.8 Å². The molecule has 0 spiro atoms. The molecule has 3 aromatic rings. The molecule has 5 rings (SSSR count). The molecule has 2 fully saturated rings. The molecule has 0 saturated carbocycles. The molecule has 1 amide bonds. The highest BCUT2D eigenvalue weighted by Crippen LogP contribution is 2.35. The second-order valence-corrected chi connectivity index (χ2v) is 10.7. The van der Waals surface area contributed by atoms with Gasteiger partial charge in [0.2, 0.25) is 5.91 Å². The van der Waals surface area contributed by atoms with Crippen molar-refractivity contribution in [2.75, 3.05) is 37.6 Å². The molecule has 2 saturated heterocycles. The summed E-state index contributed by atoms with van der Waals surface area (Å²) in [7, 11) is 0. The summed E-state index contributed by atoms with van der Waals surface area (Å²) in [5.74, 6) is 1.93. The topological polar surface area (TPSA) is 93.2 Å². The van der Waals surface area contributed by atoms with Gasteiger partial charge in [0.05, 0.1) is 17.9 Å². The monoisotopic (exact) mass is 515 g/mol. The van der Waals surface area contributed by atoms with E-state index in [4.69, 9.17) is 44.0 Å². The third kappa shape index (κ3) is 4.97. The van der Waals surface area contributed by atoms with E-state index in [0.29, 0.717) is 28.3 Å². The van der Waals surface area contributed by atoms with E-state index in [1.165, 1.54) is 12.8 Å². The molecule has 8 nitrogen and oxygen atoms in total. The average Bonchev–Trinajstić information content (AvgIpc) is 3.12. The fourth-order valence-corrected chi connectivity index (χ4v) is 5.95. The third-order valence-corrected chi connectivity index (χ3v) is 8.02. The van der Waals surface area contributed by atoms with Gasteiger partial charge in [0.1, 0.15) is 11.3 Å². The number of aryl methyl sites for hydroxylation is 1. The molecule has 0 bridgehead atoms. The van der Waals surface area contributed by atoms with Crippen molar-refractivity contribution in [3.8, 4) is 0 Å². The van der Waals surface area contributed by atoms with Gasteiger partial charge >= 0.3 is 0 Å². The van der Waals surface area contributed by atoms with E-state index in [0.717, 1.165) is 61.0 Å². The number of piperidine rings is 1. The summed E-state index contributed by atoms with van der Waals surface area (Å²) in [5.41, 5.74) is 8.69. The normalized spacial score (nSPS) is 20.2. The van der Waals surface area contributed by atoms with Crippen LogP contribution >= 0.6 is 23.2 Å². The van der Waals surface area contributed by atoms with E-state index in [-0.39, 0.29) is 11.9 Å². The molecular formula is C25H31Cl2N7O. The molecule has 2 aliphatic rings. The maximum Gasteiger partial charge on any atom is 0.218 e. The van der Waals surface area contributed by atoms with Gasteiger partial charge in [-0.25, -0.2) is 14.6 Å². The first kappa shape index (κ1) is 24.3. The number of nitrogens with two attached hydrogens (primary N) is 1. The van der Waals surface area contributed by atoms with Crippen LogP contribution in [-0.4, -0.2) is 63.3 Å². The van der Waals surface area contributed by atoms with Crippen molar-refractivity contribution in [1.29, 1.82) is 0 Å². The van der Waals surface area contributed by atoms with Gasteiger partial charge in [-0.1, -0.05) is 29.3 Å². The minimum Gasteiger partial charge on any atom is -0.370 e. The van der Waals surface area contributed by atoms with Crippen LogP contribution in [0.4, 0.5) is 5.82 Å². The Labute approximate surface area is 215 Å². The highest BCUT2D eigenvalue weighted by molar-refractivity contribution is 6.35. The van der Waals surface area contributed by atoms with E-state index >= 15 is 0 Å². The van der Waals surface area contributed by atoms with Gasteiger partial charge in [0, 0.05) is 42.6 Å². The number of likely N-dealkylation sites (tertiary alicyclic amines) is 1. The van der Waals surface area contributed by atoms with Crippen molar-refractivity contribution in [3.63, 3.8) is 0 Å². The molecule has 2 atom stereocenters. The Morgan fingerprint density at radius 1 is 1.23 bits per heavy atom. The molecule has 2 aromatic heterocycles. The Kier molecular flexibility index (Phi) is 6.88. The number of benzene rings is 1. The molecule has 4 heterocycles. The molecule has 186 valence electrons. The lowest BCUT2D eigenvalue weighted by Gasteiger charge is -2.47. The summed E-state index contributed by atoms with van der Waals surface area (Å²) in [5, 5.41) is 5.96. The van der Waals surface area contributed by atoms with Crippen molar-refractivity contribution in [2.45, 2.75) is 39.2 Å². The van der Waals surface area contributed by atoms with Crippen LogP contribution in [0.15, 0.2) is 24.4 Å². The number of aromatic nitrogens is 4. The van der Waals surface area contributed by atoms with Crippen LogP contribution in [0.5, 0.6) is 0 Å². The molecule has 10 heteroatoms. The standard InChI is InChI=1S/C25H31Cl2N7O/c1-15-24-25(34(31-15)16(2)20-6-5-19(26)10-21(20)27)30-23(11-29-24)33-13-18(14-33)17-4-3-8-32(12-17)9-7-22(28)35/h5-6,10-11,16-18H,3-4,7-9,12-14H2,1-2H3,(H2,28,35)/t16?,17-/m1/s1. The van der Waals surface area contributed by atoms with Crippen LogP contribution in [0.1, 0.15) is 43.5 Å². The number of nitrogens with zero attached hydrogens (tertiary/aromatic N) is 6. The Morgan fingerprint density at radius 3 is 2.77 bits per heavy atom. The van der Waals surface area contributed by atoms with E-state index in [1.807, 2.05) is 29.9 Å². The number of rotatable bonds is 7. The number of anilines is 1. The van der Waals surface area contributed by atoms with Gasteiger partial charge in [0.15, 0.2) is 5.65 Å². The van der Waals surface area contributed by atoms with Gasteiger partial charge in [-0.3, -0.25) is 4.79 Å². The first-order valence-electron chi connectivity index (χ1n) is 12.2. The summed E-state index contributed by atoms with van der Waals surface area (Å²) in [6, 6.07) is 5.42. The number of fused-ring (bicyclic) bond motifs is 1. The zero-order valence-corrected chi connectivity index (χ0v) is 21.6. The van der Waals surface area contributed by atoms with Crippen molar-refractivity contribution < 1.29 is 4.79 Å². The summed E-state index contributed by atoms with van der Waals surface area (Å²) in [6.07, 6.45) is 4.71. The third-order valence-electron chi connectivity index (χ3n) is 7.46. The highest BCUT2D eigenvalue weighted by Gasteiger charge is 2.36. The predicted octanol–water partition coefficient (Wildman–Crippen LogP) is 4.07. The second-order valence-electron chi connectivity index (χ2n) is 9.86. The smallest absolute Gasteiger partial charge is 0.218 e. The number of halogens is 2. The first-order valence-corrected chi connectivity index (χ1v) is 13.0. The van der Waals surface area contributed by atoms with Crippen LogP contribution in [-0.2, 0) is 4.79 Å². The van der Waals surface area contributed by atoms with Crippen molar-refractivity contribution in [3.05, 3.63) is 45.7 Å². The van der Waals surface area contributed by atoms with Gasteiger partial charge in [-0.2, -0.15) is 5.10 Å². The van der Waals surface area contributed by atoms with Crippen LogP contribution < -0.4 is 10.6 Å². The fourth-order valence-electron chi connectivity index (χ4n) is 5.38. The Balaban J connectivity index is 1.30. The fraction of sp³-hybridized carbons (Fsp3) is 0.520. The van der Waals surface area contributed by atoms with Crippen molar-refractivity contribution in [2.24, 2.45) is 17.6 Å². The van der Waals surface area contributed by atoms with Crippen LogP contribution in [0.3, 0.4) is 0 Å². The molecule has 0 aliphatic carbocycles. The summed E-state index contributed by atoms with van der Waals surface area (Å²) in [6.45, 7) is 8.82. The lowest BCUT2D eigenvalue weighted by Crippen LogP contribution is -2.54. The molecular weight excluding hydrogens is 485 g/mol. The minimum atomic E-state index is -0.224. The predicted molar refractivity (Wildman–Crippen MR) is 139 cm³/mol. The number of carbonyl (C=O) groups is 1. The summed E-state index contributed by atoms with van der Waals surface area (Å²) >= 11 is 12.6. The van der Waals surface area contributed by atoms with Gasteiger partial charge in [-0.05, 0) is 62.8 Å². The van der Waals surface area contributed by atoms with E-state index in [2.05, 4.69) is 16.7 Å². The number of primary amides is 1. The highest BCUT2D eigenvalue weighted by atomic mass is 35.5. The van der Waals surface area contributed by atoms with E-state index in [1.54, 1.807) is 6.07 Å². The SMILES string of the molecule is Cc1nn(C(C)c2ccc(Cl)cc2Cl)c2nc(N3CC([C@@H]4CCCN(CCC(N)=O)C4)C3)cnc12. The minimum absolute atomic E-state index is 0.113. The molecule has 2 aliphatic heterocycles. The summed E-state index contributed by atoms with van der Waals surface area (Å²) in [4.78, 5) is 25.5. The Hall–Kier alpha value is -2.42. The Bertz CT molecular complexity index is 1240. The van der Waals surface area contributed by atoms with E-state index < -0.39 is 0 Å². The number of hydrogen-bond acceptors (Lipinski definition) is 6. The number of amides is 1. The van der Waals surface area contributed by atoms with Crippen LogP contribution in [0.25, 0.3) is 11.2 Å². The Morgan fingerprint density at radius 2 is 2.03 bits per heavy atom. The average molecular weight is 516 g/mol. The maximum atomic E-state index is 11.2. The largest absolute Gasteiger partial charge is 0.370 e.